The molecule has 19 heavy (non-hydrogen) atoms. The molecule has 0 spiro atoms. The van der Waals surface area contributed by atoms with E-state index in [-0.39, 0.29) is 6.04 Å². The normalized spacial score (nSPS) is 12.7. The first-order chi connectivity index (χ1) is 9.06. The Bertz CT molecular complexity index is 578. The number of rotatable bonds is 4. The van der Waals surface area contributed by atoms with E-state index in [1.54, 1.807) is 0 Å². The van der Waals surface area contributed by atoms with Crippen molar-refractivity contribution in [1.29, 1.82) is 0 Å². The van der Waals surface area contributed by atoms with Gasteiger partial charge in [0.15, 0.2) is 0 Å². The van der Waals surface area contributed by atoms with Crippen LogP contribution in [0.1, 0.15) is 36.2 Å². The van der Waals surface area contributed by atoms with Gasteiger partial charge in [-0.1, -0.05) is 41.1 Å². The highest BCUT2D eigenvalue weighted by Gasteiger charge is 2.20. The molecule has 0 fully saturated rings. The van der Waals surface area contributed by atoms with Crippen LogP contribution in [0.4, 0.5) is 0 Å². The van der Waals surface area contributed by atoms with Crippen LogP contribution in [0, 0.1) is 6.92 Å². The standard InChI is InChI=1S/C14H17Br2N3/c1-3-7-19-14(11(15)8-18-19)13(17)10-6-4-5-9(2)12(10)16/h4-6,8,13H,3,7,17H2,1-2H3. The highest BCUT2D eigenvalue weighted by atomic mass is 79.9. The molecule has 102 valence electrons. The van der Waals surface area contributed by atoms with E-state index in [4.69, 9.17) is 5.73 Å². The van der Waals surface area contributed by atoms with Gasteiger partial charge in [0.1, 0.15) is 0 Å². The third kappa shape index (κ3) is 2.93. The number of aromatic nitrogens is 2. The van der Waals surface area contributed by atoms with E-state index < -0.39 is 0 Å². The summed E-state index contributed by atoms with van der Waals surface area (Å²) in [6.45, 7) is 5.07. The van der Waals surface area contributed by atoms with E-state index in [0.717, 1.165) is 33.2 Å². The molecule has 1 aromatic carbocycles. The van der Waals surface area contributed by atoms with E-state index in [1.165, 1.54) is 5.56 Å². The Labute approximate surface area is 130 Å². The van der Waals surface area contributed by atoms with Crippen LogP contribution in [0.15, 0.2) is 33.3 Å². The van der Waals surface area contributed by atoms with Crippen LogP contribution >= 0.6 is 31.9 Å². The lowest BCUT2D eigenvalue weighted by atomic mass is 10.0. The van der Waals surface area contributed by atoms with Gasteiger partial charge in [-0.25, -0.2) is 0 Å². The quantitative estimate of drug-likeness (QED) is 0.856. The monoisotopic (exact) mass is 385 g/mol. The number of nitrogens with two attached hydrogens (primary N) is 1. The second-order valence-corrected chi connectivity index (χ2v) is 6.20. The molecule has 3 nitrogen and oxygen atoms in total. The zero-order chi connectivity index (χ0) is 14.0. The molecule has 0 saturated carbocycles. The van der Waals surface area contributed by atoms with Gasteiger partial charge in [-0.05, 0) is 40.4 Å². The third-order valence-corrected chi connectivity index (χ3v) is 4.81. The Morgan fingerprint density at radius 2 is 2.11 bits per heavy atom. The molecule has 0 amide bonds. The number of aryl methyl sites for hydroxylation is 2. The fourth-order valence-corrected chi connectivity index (χ4v) is 3.18. The van der Waals surface area contributed by atoms with Crippen molar-refractivity contribution in [2.24, 2.45) is 5.73 Å². The zero-order valence-corrected chi connectivity index (χ0v) is 14.2. The third-order valence-electron chi connectivity index (χ3n) is 3.12. The Kier molecular flexibility index (Phi) is 4.81. The molecule has 0 aliphatic rings. The zero-order valence-electron chi connectivity index (χ0n) is 11.0. The summed E-state index contributed by atoms with van der Waals surface area (Å²) in [4.78, 5) is 0. The maximum absolute atomic E-state index is 6.44. The van der Waals surface area contributed by atoms with Crippen molar-refractivity contribution in [3.63, 3.8) is 0 Å². The number of benzene rings is 1. The summed E-state index contributed by atoms with van der Waals surface area (Å²) in [5.74, 6) is 0. The molecule has 5 heteroatoms. The molecule has 0 radical (unpaired) electrons. The molecule has 1 atom stereocenters. The molecule has 1 aromatic heterocycles. The van der Waals surface area contributed by atoms with Gasteiger partial charge in [0, 0.05) is 11.0 Å². The van der Waals surface area contributed by atoms with E-state index in [0.29, 0.717) is 0 Å². The average Bonchev–Trinajstić information content (AvgIpc) is 2.74. The molecule has 0 aliphatic heterocycles. The van der Waals surface area contributed by atoms with Crippen molar-refractivity contribution < 1.29 is 0 Å². The Hall–Kier alpha value is -0.650. The molecule has 2 rings (SSSR count). The van der Waals surface area contributed by atoms with Gasteiger partial charge in [0.25, 0.3) is 0 Å². The maximum Gasteiger partial charge on any atom is 0.0745 e. The van der Waals surface area contributed by atoms with Crippen molar-refractivity contribution in [2.75, 3.05) is 0 Å². The van der Waals surface area contributed by atoms with Crippen molar-refractivity contribution in [1.82, 2.24) is 9.78 Å². The second-order valence-electron chi connectivity index (χ2n) is 4.56. The summed E-state index contributed by atoms with van der Waals surface area (Å²) in [5.41, 5.74) is 9.73. The van der Waals surface area contributed by atoms with E-state index >= 15 is 0 Å². The van der Waals surface area contributed by atoms with Crippen LogP contribution in [0.25, 0.3) is 0 Å². The van der Waals surface area contributed by atoms with Crippen LogP contribution in [0.5, 0.6) is 0 Å². The predicted octanol–water partition coefficient (Wildman–Crippen LogP) is 4.17. The Morgan fingerprint density at radius 1 is 1.37 bits per heavy atom. The van der Waals surface area contributed by atoms with Crippen LogP contribution in [0.3, 0.4) is 0 Å². The lowest BCUT2D eigenvalue weighted by Gasteiger charge is -2.17. The molecule has 2 N–H and O–H groups in total. The minimum atomic E-state index is -0.197. The van der Waals surface area contributed by atoms with Crippen LogP contribution in [-0.4, -0.2) is 9.78 Å². The lowest BCUT2D eigenvalue weighted by molar-refractivity contribution is 0.558. The van der Waals surface area contributed by atoms with Crippen LogP contribution < -0.4 is 5.73 Å². The van der Waals surface area contributed by atoms with Crippen molar-refractivity contribution in [2.45, 2.75) is 32.9 Å². The highest BCUT2D eigenvalue weighted by Crippen LogP contribution is 2.32. The first kappa shape index (κ1) is 14.8. The molecular weight excluding hydrogens is 370 g/mol. The summed E-state index contributed by atoms with van der Waals surface area (Å²) in [5, 5.41) is 4.38. The number of hydrogen-bond acceptors (Lipinski definition) is 2. The van der Waals surface area contributed by atoms with Crippen LogP contribution in [0.2, 0.25) is 0 Å². The first-order valence-electron chi connectivity index (χ1n) is 6.28. The summed E-state index contributed by atoms with van der Waals surface area (Å²) < 4.78 is 4.00. The molecular formula is C14H17Br2N3. The summed E-state index contributed by atoms with van der Waals surface area (Å²) in [6.07, 6.45) is 2.84. The number of nitrogens with zero attached hydrogens (tertiary/aromatic N) is 2. The van der Waals surface area contributed by atoms with Crippen LogP contribution in [-0.2, 0) is 6.54 Å². The van der Waals surface area contributed by atoms with E-state index in [2.05, 4.69) is 62.9 Å². The van der Waals surface area contributed by atoms with Gasteiger partial charge >= 0.3 is 0 Å². The van der Waals surface area contributed by atoms with Gasteiger partial charge in [-0.3, -0.25) is 4.68 Å². The summed E-state index contributed by atoms with van der Waals surface area (Å²) >= 11 is 7.18. The van der Waals surface area contributed by atoms with E-state index in [9.17, 15) is 0 Å². The first-order valence-corrected chi connectivity index (χ1v) is 7.86. The molecule has 2 aromatic rings. The molecule has 1 heterocycles. The van der Waals surface area contributed by atoms with E-state index in [1.807, 2.05) is 16.9 Å². The molecule has 0 aliphatic carbocycles. The van der Waals surface area contributed by atoms with Gasteiger partial charge < -0.3 is 5.73 Å². The smallest absolute Gasteiger partial charge is 0.0745 e. The molecule has 1 unspecified atom stereocenters. The van der Waals surface area contributed by atoms with Gasteiger partial charge in [0.2, 0.25) is 0 Å². The Morgan fingerprint density at radius 3 is 2.79 bits per heavy atom. The largest absolute Gasteiger partial charge is 0.319 e. The van der Waals surface area contributed by atoms with Crippen molar-refractivity contribution >= 4 is 31.9 Å². The molecule has 0 bridgehead atoms. The number of halogens is 2. The van der Waals surface area contributed by atoms with Crippen molar-refractivity contribution in [3.05, 3.63) is 50.2 Å². The van der Waals surface area contributed by atoms with Crippen molar-refractivity contribution in [3.8, 4) is 0 Å². The fourth-order valence-electron chi connectivity index (χ4n) is 2.13. The van der Waals surface area contributed by atoms with Gasteiger partial charge in [0.05, 0.1) is 22.4 Å². The van der Waals surface area contributed by atoms with Gasteiger partial charge in [-0.15, -0.1) is 0 Å². The fraction of sp³-hybridized carbons (Fsp3) is 0.357. The predicted molar refractivity (Wildman–Crippen MR) is 85.1 cm³/mol. The SMILES string of the molecule is CCCn1ncc(Br)c1C(N)c1cccc(C)c1Br. The number of hydrogen-bond donors (Lipinski definition) is 1. The summed E-state index contributed by atoms with van der Waals surface area (Å²) in [6, 6.07) is 5.96. The lowest BCUT2D eigenvalue weighted by Crippen LogP contribution is -2.18. The topological polar surface area (TPSA) is 43.8 Å². The average molecular weight is 387 g/mol. The second kappa shape index (κ2) is 6.20. The minimum Gasteiger partial charge on any atom is -0.319 e. The maximum atomic E-state index is 6.44. The molecule has 0 saturated heterocycles. The minimum absolute atomic E-state index is 0.197. The summed E-state index contributed by atoms with van der Waals surface area (Å²) in [7, 11) is 0. The van der Waals surface area contributed by atoms with Gasteiger partial charge in [-0.2, -0.15) is 5.10 Å². The highest BCUT2D eigenvalue weighted by molar-refractivity contribution is 9.10. The Balaban J connectivity index is 2.46.